The monoisotopic (exact) mass is 289 g/mol. The van der Waals surface area contributed by atoms with E-state index in [1.165, 1.54) is 10.4 Å². The summed E-state index contributed by atoms with van der Waals surface area (Å²) < 4.78 is 0. The summed E-state index contributed by atoms with van der Waals surface area (Å²) in [6, 6.07) is 10.5. The molecule has 1 unspecified atom stereocenters. The number of aromatic nitrogens is 1. The Balaban J connectivity index is 1.54. The Morgan fingerprint density at radius 3 is 2.89 bits per heavy atom. The van der Waals surface area contributed by atoms with E-state index in [0.717, 1.165) is 23.3 Å². The van der Waals surface area contributed by atoms with E-state index in [2.05, 4.69) is 46.5 Å². The minimum absolute atomic E-state index is 0.446. The third-order valence-corrected chi connectivity index (χ3v) is 5.00. The van der Waals surface area contributed by atoms with Gasteiger partial charge < -0.3 is 5.32 Å². The summed E-state index contributed by atoms with van der Waals surface area (Å²) in [6.45, 7) is 3.70. The molecule has 1 aromatic heterocycles. The number of thioether (sulfide) groups is 1. The van der Waals surface area contributed by atoms with Crippen molar-refractivity contribution in [2.24, 2.45) is 4.99 Å². The number of aliphatic imine (C=N–C) groups is 1. The minimum atomic E-state index is 0.446. The van der Waals surface area contributed by atoms with Gasteiger partial charge in [-0.2, -0.15) is 0 Å². The molecule has 3 nitrogen and oxygen atoms in total. The van der Waals surface area contributed by atoms with Gasteiger partial charge in [-0.1, -0.05) is 42.1 Å². The van der Waals surface area contributed by atoms with E-state index < -0.39 is 0 Å². The van der Waals surface area contributed by atoms with Gasteiger partial charge in [0, 0.05) is 11.1 Å². The van der Waals surface area contributed by atoms with Crippen LogP contribution >= 0.6 is 23.1 Å². The van der Waals surface area contributed by atoms with E-state index >= 15 is 0 Å². The van der Waals surface area contributed by atoms with Gasteiger partial charge in [0.05, 0.1) is 18.3 Å². The smallest absolute Gasteiger partial charge is 0.157 e. The molecule has 2 aromatic rings. The van der Waals surface area contributed by atoms with Crippen LogP contribution in [-0.2, 0) is 6.54 Å². The van der Waals surface area contributed by atoms with E-state index in [4.69, 9.17) is 0 Å². The molecule has 19 heavy (non-hydrogen) atoms. The molecule has 0 fully saturated rings. The predicted molar refractivity (Wildman–Crippen MR) is 82.8 cm³/mol. The molecule has 0 saturated carbocycles. The molecule has 1 atom stereocenters. The van der Waals surface area contributed by atoms with E-state index in [1.807, 2.05) is 12.3 Å². The summed E-state index contributed by atoms with van der Waals surface area (Å²) in [4.78, 5) is 10.2. The second-order valence-electron chi connectivity index (χ2n) is 4.38. The first kappa shape index (κ1) is 12.7. The Labute approximate surface area is 121 Å². The highest BCUT2D eigenvalue weighted by Crippen LogP contribution is 2.34. The number of nitrogens with one attached hydrogen (secondary N) is 1. The fourth-order valence-electron chi connectivity index (χ4n) is 1.95. The van der Waals surface area contributed by atoms with Crippen LogP contribution in [0.3, 0.4) is 0 Å². The SMILES string of the molecule is Cc1cnc(CNC2=NCC(c3ccccc3)S2)s1. The Bertz CT molecular complexity index is 577. The van der Waals surface area contributed by atoms with E-state index in [-0.39, 0.29) is 0 Å². The highest BCUT2D eigenvalue weighted by molar-refractivity contribution is 8.14. The van der Waals surface area contributed by atoms with Crippen molar-refractivity contribution in [3.8, 4) is 0 Å². The van der Waals surface area contributed by atoms with Crippen molar-refractivity contribution >= 4 is 28.3 Å². The molecule has 0 bridgehead atoms. The molecule has 1 N–H and O–H groups in total. The molecule has 2 heterocycles. The fraction of sp³-hybridized carbons (Fsp3) is 0.286. The zero-order valence-electron chi connectivity index (χ0n) is 10.7. The highest BCUT2D eigenvalue weighted by Gasteiger charge is 2.20. The van der Waals surface area contributed by atoms with Gasteiger partial charge in [0.25, 0.3) is 0 Å². The average Bonchev–Trinajstić information content (AvgIpc) is 3.06. The van der Waals surface area contributed by atoms with Crippen LogP contribution in [0.1, 0.15) is 20.7 Å². The van der Waals surface area contributed by atoms with Crippen molar-refractivity contribution in [2.75, 3.05) is 6.54 Å². The lowest BCUT2D eigenvalue weighted by Crippen LogP contribution is -2.18. The van der Waals surface area contributed by atoms with Crippen LogP contribution in [-0.4, -0.2) is 16.7 Å². The van der Waals surface area contributed by atoms with Crippen molar-refractivity contribution in [3.63, 3.8) is 0 Å². The van der Waals surface area contributed by atoms with Crippen molar-refractivity contribution in [3.05, 3.63) is 52.0 Å². The maximum atomic E-state index is 4.56. The number of hydrogen-bond acceptors (Lipinski definition) is 5. The number of benzene rings is 1. The van der Waals surface area contributed by atoms with Crippen molar-refractivity contribution < 1.29 is 0 Å². The zero-order valence-corrected chi connectivity index (χ0v) is 12.3. The van der Waals surface area contributed by atoms with E-state index in [0.29, 0.717) is 5.25 Å². The van der Waals surface area contributed by atoms with Gasteiger partial charge in [-0.15, -0.1) is 11.3 Å². The molecule has 1 aromatic carbocycles. The summed E-state index contributed by atoms with van der Waals surface area (Å²) >= 11 is 3.54. The predicted octanol–water partition coefficient (Wildman–Crippen LogP) is 3.39. The van der Waals surface area contributed by atoms with Crippen LogP contribution in [0, 0.1) is 6.92 Å². The molecule has 0 saturated heterocycles. The van der Waals surface area contributed by atoms with Crippen molar-refractivity contribution in [2.45, 2.75) is 18.7 Å². The highest BCUT2D eigenvalue weighted by atomic mass is 32.2. The van der Waals surface area contributed by atoms with E-state index in [9.17, 15) is 0 Å². The lowest BCUT2D eigenvalue weighted by molar-refractivity contribution is 0.900. The first-order chi connectivity index (χ1) is 9.31. The lowest BCUT2D eigenvalue weighted by atomic mass is 10.1. The topological polar surface area (TPSA) is 37.3 Å². The summed E-state index contributed by atoms with van der Waals surface area (Å²) in [6.07, 6.45) is 1.91. The number of nitrogens with zero attached hydrogens (tertiary/aromatic N) is 2. The first-order valence-corrected chi connectivity index (χ1v) is 7.92. The number of thiazole rings is 1. The quantitative estimate of drug-likeness (QED) is 0.941. The van der Waals surface area contributed by atoms with Crippen LogP contribution in [0.15, 0.2) is 41.5 Å². The van der Waals surface area contributed by atoms with Gasteiger partial charge in [-0.25, -0.2) is 4.98 Å². The van der Waals surface area contributed by atoms with Gasteiger partial charge in [0.2, 0.25) is 0 Å². The zero-order chi connectivity index (χ0) is 13.1. The van der Waals surface area contributed by atoms with Crippen LogP contribution in [0.4, 0.5) is 0 Å². The third kappa shape index (κ3) is 3.16. The molecular formula is C14H15N3S2. The second kappa shape index (κ2) is 5.75. The third-order valence-electron chi connectivity index (χ3n) is 2.89. The van der Waals surface area contributed by atoms with Gasteiger partial charge in [-0.3, -0.25) is 4.99 Å². The molecule has 98 valence electrons. The Hall–Kier alpha value is -1.33. The number of rotatable bonds is 3. The maximum absolute atomic E-state index is 4.56. The number of hydrogen-bond donors (Lipinski definition) is 1. The maximum Gasteiger partial charge on any atom is 0.157 e. The van der Waals surface area contributed by atoms with E-state index in [1.54, 1.807) is 23.1 Å². The van der Waals surface area contributed by atoms with Crippen molar-refractivity contribution in [1.82, 2.24) is 10.3 Å². The molecule has 1 aliphatic heterocycles. The normalized spacial score (nSPS) is 18.4. The van der Waals surface area contributed by atoms with Gasteiger partial charge in [-0.05, 0) is 12.5 Å². The molecule has 5 heteroatoms. The minimum Gasteiger partial charge on any atom is -0.358 e. The van der Waals surface area contributed by atoms with Crippen LogP contribution in [0.25, 0.3) is 0 Å². The lowest BCUT2D eigenvalue weighted by Gasteiger charge is -2.08. The van der Waals surface area contributed by atoms with Gasteiger partial charge in [0.1, 0.15) is 5.01 Å². The molecule has 0 spiro atoms. The Morgan fingerprint density at radius 2 is 2.16 bits per heavy atom. The average molecular weight is 289 g/mol. The molecule has 0 radical (unpaired) electrons. The standard InChI is InChI=1S/C14H15N3S2/c1-10-7-15-13(18-10)9-17-14-16-8-12(19-14)11-5-3-2-4-6-11/h2-7,12H,8-9H2,1H3,(H,16,17). The first-order valence-electron chi connectivity index (χ1n) is 6.22. The Morgan fingerprint density at radius 1 is 1.32 bits per heavy atom. The molecule has 1 aliphatic rings. The largest absolute Gasteiger partial charge is 0.358 e. The summed E-state index contributed by atoms with van der Waals surface area (Å²) in [5, 5.41) is 5.96. The summed E-state index contributed by atoms with van der Waals surface area (Å²) in [7, 11) is 0. The van der Waals surface area contributed by atoms with Crippen LogP contribution in [0.5, 0.6) is 0 Å². The summed E-state index contributed by atoms with van der Waals surface area (Å²) in [5.41, 5.74) is 1.35. The van der Waals surface area contributed by atoms with Crippen LogP contribution in [0.2, 0.25) is 0 Å². The molecular weight excluding hydrogens is 274 g/mol. The van der Waals surface area contributed by atoms with Gasteiger partial charge in [0.15, 0.2) is 5.17 Å². The summed E-state index contributed by atoms with van der Waals surface area (Å²) in [5.74, 6) is 0. The fourth-order valence-corrected chi connectivity index (χ4v) is 3.69. The number of amidine groups is 1. The molecule has 0 amide bonds. The van der Waals surface area contributed by atoms with Crippen molar-refractivity contribution in [1.29, 1.82) is 0 Å². The van der Waals surface area contributed by atoms with Gasteiger partial charge >= 0.3 is 0 Å². The Kier molecular flexibility index (Phi) is 3.84. The van der Waals surface area contributed by atoms with Crippen LogP contribution < -0.4 is 5.32 Å². The second-order valence-corrected chi connectivity index (χ2v) is 6.89. The number of aryl methyl sites for hydroxylation is 1. The molecule has 3 rings (SSSR count). The molecule has 0 aliphatic carbocycles.